The molecule has 0 saturated carbocycles. The van der Waals surface area contributed by atoms with Gasteiger partial charge in [0.15, 0.2) is 0 Å². The van der Waals surface area contributed by atoms with Crippen LogP contribution >= 0.6 is 34.8 Å². The van der Waals surface area contributed by atoms with Crippen LogP contribution in [-0.2, 0) is 10.0 Å². The van der Waals surface area contributed by atoms with Gasteiger partial charge in [0.2, 0.25) is 0 Å². The van der Waals surface area contributed by atoms with Crippen LogP contribution in [0.5, 0.6) is 5.75 Å². The molecule has 0 bridgehead atoms. The number of ether oxygens (including phenoxy) is 1. The van der Waals surface area contributed by atoms with E-state index in [9.17, 15) is 18.5 Å². The van der Waals surface area contributed by atoms with Crippen molar-refractivity contribution in [2.45, 2.75) is 4.90 Å². The predicted molar refractivity (Wildman–Crippen MR) is 91.9 cm³/mol. The van der Waals surface area contributed by atoms with Crippen LogP contribution in [0.1, 0.15) is 0 Å². The second-order valence-corrected chi connectivity index (χ2v) is 7.32. The first kappa shape index (κ1) is 18.6. The van der Waals surface area contributed by atoms with Crippen molar-refractivity contribution in [3.05, 3.63) is 55.5 Å². The van der Waals surface area contributed by atoms with E-state index in [2.05, 4.69) is 4.72 Å². The lowest BCUT2D eigenvalue weighted by Crippen LogP contribution is -2.14. The van der Waals surface area contributed by atoms with Crippen molar-refractivity contribution >= 4 is 56.2 Å². The topological polar surface area (TPSA) is 98.5 Å². The number of hydrogen-bond donors (Lipinski definition) is 1. The molecule has 0 unspecified atom stereocenters. The minimum atomic E-state index is -4.19. The van der Waals surface area contributed by atoms with Crippen LogP contribution < -0.4 is 9.46 Å². The lowest BCUT2D eigenvalue weighted by Gasteiger charge is -2.13. The summed E-state index contributed by atoms with van der Waals surface area (Å²) in [6, 6.07) is 5.75. The van der Waals surface area contributed by atoms with Crippen molar-refractivity contribution in [2.75, 3.05) is 11.8 Å². The molecule has 0 aliphatic heterocycles. The Labute approximate surface area is 152 Å². The fourth-order valence-corrected chi connectivity index (χ4v) is 3.86. The summed E-state index contributed by atoms with van der Waals surface area (Å²) in [5.74, 6) is 0.0976. The summed E-state index contributed by atoms with van der Waals surface area (Å²) in [4.78, 5) is 9.87. The quantitative estimate of drug-likeness (QED) is 0.447. The number of halogens is 3. The number of rotatable bonds is 5. The van der Waals surface area contributed by atoms with Crippen LogP contribution in [0.25, 0.3) is 0 Å². The molecule has 0 heterocycles. The van der Waals surface area contributed by atoms with E-state index in [1.807, 2.05) is 0 Å². The lowest BCUT2D eigenvalue weighted by atomic mass is 10.2. The molecule has 0 saturated heterocycles. The number of nitrogens with one attached hydrogen (secondary N) is 1. The molecular weight excluding hydrogens is 403 g/mol. The molecule has 0 aromatic heterocycles. The normalized spacial score (nSPS) is 11.2. The molecule has 2 aromatic carbocycles. The minimum absolute atomic E-state index is 0.00699. The van der Waals surface area contributed by atoms with Gasteiger partial charge in [0.25, 0.3) is 15.7 Å². The zero-order valence-corrected chi connectivity index (χ0v) is 15.0. The fourth-order valence-electron chi connectivity index (χ4n) is 1.80. The van der Waals surface area contributed by atoms with Gasteiger partial charge in [0.05, 0.1) is 32.8 Å². The molecule has 2 rings (SSSR count). The maximum absolute atomic E-state index is 12.5. The van der Waals surface area contributed by atoms with E-state index in [1.165, 1.54) is 25.3 Å². The summed E-state index contributed by atoms with van der Waals surface area (Å²) < 4.78 is 32.2. The van der Waals surface area contributed by atoms with Crippen molar-refractivity contribution in [1.82, 2.24) is 0 Å². The first-order valence-corrected chi connectivity index (χ1v) is 8.77. The maximum Gasteiger partial charge on any atom is 0.271 e. The highest BCUT2D eigenvalue weighted by Gasteiger charge is 2.23. The summed E-state index contributed by atoms with van der Waals surface area (Å²) in [6.45, 7) is 0. The largest absolute Gasteiger partial charge is 0.495 e. The maximum atomic E-state index is 12.5. The van der Waals surface area contributed by atoms with Gasteiger partial charge >= 0.3 is 0 Å². The number of sulfonamides is 1. The zero-order valence-electron chi connectivity index (χ0n) is 11.9. The first-order chi connectivity index (χ1) is 11.2. The first-order valence-electron chi connectivity index (χ1n) is 6.15. The van der Waals surface area contributed by atoms with E-state index in [0.29, 0.717) is 0 Å². The molecule has 0 aliphatic carbocycles. The molecule has 0 atom stereocenters. The highest BCUT2D eigenvalue weighted by atomic mass is 35.5. The summed E-state index contributed by atoms with van der Waals surface area (Å²) in [7, 11) is -2.89. The summed E-state index contributed by atoms with van der Waals surface area (Å²) in [6.07, 6.45) is 0. The molecule has 128 valence electrons. The highest BCUT2D eigenvalue weighted by Crippen LogP contribution is 2.35. The molecule has 0 aliphatic rings. The van der Waals surface area contributed by atoms with Gasteiger partial charge in [-0.3, -0.25) is 14.8 Å². The van der Waals surface area contributed by atoms with E-state index in [1.54, 1.807) is 0 Å². The second kappa shape index (κ2) is 7.02. The second-order valence-electron chi connectivity index (χ2n) is 4.44. The average molecular weight is 412 g/mol. The molecule has 0 spiro atoms. The van der Waals surface area contributed by atoms with Crippen LogP contribution in [0.15, 0.2) is 35.2 Å². The third kappa shape index (κ3) is 3.84. The van der Waals surface area contributed by atoms with Crippen LogP contribution in [0.2, 0.25) is 15.1 Å². The SMILES string of the molecule is COc1ccc([N+](=O)[O-])cc1NS(=O)(=O)c1cc(Cl)c(Cl)cc1Cl. The molecule has 11 heteroatoms. The van der Waals surface area contributed by atoms with E-state index in [0.717, 1.165) is 12.1 Å². The number of hydrogen-bond acceptors (Lipinski definition) is 5. The van der Waals surface area contributed by atoms with Gasteiger partial charge in [0, 0.05) is 12.1 Å². The van der Waals surface area contributed by atoms with Gasteiger partial charge in [-0.2, -0.15) is 0 Å². The molecule has 7 nitrogen and oxygen atoms in total. The molecule has 24 heavy (non-hydrogen) atoms. The Bertz CT molecular complexity index is 918. The van der Waals surface area contributed by atoms with Gasteiger partial charge in [-0.1, -0.05) is 34.8 Å². The Morgan fingerprint density at radius 1 is 1.08 bits per heavy atom. The van der Waals surface area contributed by atoms with Crippen LogP contribution in [0.4, 0.5) is 11.4 Å². The number of methoxy groups -OCH3 is 1. The van der Waals surface area contributed by atoms with Crippen LogP contribution in [0, 0.1) is 10.1 Å². The van der Waals surface area contributed by atoms with Gasteiger partial charge in [0.1, 0.15) is 10.6 Å². The smallest absolute Gasteiger partial charge is 0.271 e. The number of benzene rings is 2. The summed E-state index contributed by atoms with van der Waals surface area (Å²) in [5.41, 5.74) is -0.428. The van der Waals surface area contributed by atoms with Gasteiger partial charge < -0.3 is 4.74 Å². The molecule has 1 N–H and O–H groups in total. The Kier molecular flexibility index (Phi) is 5.44. The highest BCUT2D eigenvalue weighted by molar-refractivity contribution is 7.92. The Morgan fingerprint density at radius 3 is 2.29 bits per heavy atom. The zero-order chi connectivity index (χ0) is 18.1. The van der Waals surface area contributed by atoms with Crippen LogP contribution in [0.3, 0.4) is 0 Å². The fraction of sp³-hybridized carbons (Fsp3) is 0.0769. The molecular formula is C13H9Cl3N2O5S. The third-order valence-corrected chi connectivity index (χ3v) is 5.45. The molecule has 0 amide bonds. The van der Waals surface area contributed by atoms with E-state index in [4.69, 9.17) is 39.5 Å². The minimum Gasteiger partial charge on any atom is -0.495 e. The van der Waals surface area contributed by atoms with E-state index in [-0.39, 0.29) is 37.1 Å². The summed E-state index contributed by atoms with van der Waals surface area (Å²) >= 11 is 17.5. The van der Waals surface area contributed by atoms with Crippen molar-refractivity contribution in [3.63, 3.8) is 0 Å². The number of anilines is 1. The Morgan fingerprint density at radius 2 is 1.71 bits per heavy atom. The van der Waals surface area contributed by atoms with Crippen molar-refractivity contribution in [1.29, 1.82) is 0 Å². The molecule has 0 fully saturated rings. The predicted octanol–water partition coefficient (Wildman–Crippen LogP) is 4.36. The average Bonchev–Trinajstić information content (AvgIpc) is 2.50. The van der Waals surface area contributed by atoms with E-state index >= 15 is 0 Å². The van der Waals surface area contributed by atoms with E-state index < -0.39 is 14.9 Å². The van der Waals surface area contributed by atoms with Crippen LogP contribution in [-0.4, -0.2) is 20.5 Å². The van der Waals surface area contributed by atoms with Gasteiger partial charge in [-0.05, 0) is 18.2 Å². The van der Waals surface area contributed by atoms with Gasteiger partial charge in [-0.15, -0.1) is 0 Å². The third-order valence-electron chi connectivity index (χ3n) is 2.90. The van der Waals surface area contributed by atoms with Crippen molar-refractivity contribution in [2.24, 2.45) is 0 Å². The van der Waals surface area contributed by atoms with Gasteiger partial charge in [-0.25, -0.2) is 8.42 Å². The Balaban J connectivity index is 2.52. The molecule has 2 aromatic rings. The monoisotopic (exact) mass is 410 g/mol. The number of non-ortho nitro benzene ring substituents is 1. The standard InChI is InChI=1S/C13H9Cl3N2O5S/c1-23-12-3-2-7(18(19)20)4-11(12)17-24(21,22)13-6-9(15)8(14)5-10(13)16/h2-6,17H,1H3. The number of nitrogens with zero attached hydrogens (tertiary/aromatic N) is 1. The number of nitro groups is 1. The Hall–Kier alpha value is -1.74. The lowest BCUT2D eigenvalue weighted by molar-refractivity contribution is -0.384. The van der Waals surface area contributed by atoms with Crippen molar-refractivity contribution < 1.29 is 18.1 Å². The molecule has 0 radical (unpaired) electrons. The summed E-state index contributed by atoms with van der Waals surface area (Å²) in [5, 5.41) is 10.8. The van der Waals surface area contributed by atoms with Crippen molar-refractivity contribution in [3.8, 4) is 5.75 Å². The number of nitro benzene ring substituents is 1.